The molecule has 1 heterocycles. The van der Waals surface area contributed by atoms with Crippen molar-refractivity contribution in [1.29, 1.82) is 0 Å². The van der Waals surface area contributed by atoms with Gasteiger partial charge in [-0.1, -0.05) is 72.8 Å². The van der Waals surface area contributed by atoms with Gasteiger partial charge in [-0.2, -0.15) is 0 Å². The molecule has 5 heteroatoms. The van der Waals surface area contributed by atoms with Crippen molar-refractivity contribution in [2.75, 3.05) is 0 Å². The molecule has 5 rings (SSSR count). The summed E-state index contributed by atoms with van der Waals surface area (Å²) in [6.07, 6.45) is 0. The largest absolute Gasteiger partial charge is 0.208 e. The molecule has 0 amide bonds. The lowest BCUT2D eigenvalue weighted by Gasteiger charge is -2.10. The van der Waals surface area contributed by atoms with Gasteiger partial charge in [0.05, 0.1) is 0 Å². The number of rotatable bonds is 4. The maximum Gasteiger partial charge on any atom is 0.164 e. The molecule has 0 N–H and O–H groups in total. The first-order chi connectivity index (χ1) is 15.7. The Morgan fingerprint density at radius 3 is 1.53 bits per heavy atom. The third kappa shape index (κ3) is 4.01. The lowest BCUT2D eigenvalue weighted by Crippen LogP contribution is -2.00. The van der Waals surface area contributed by atoms with Crippen molar-refractivity contribution in [3.8, 4) is 45.3 Å². The average molecular weight is 421 g/mol. The highest BCUT2D eigenvalue weighted by molar-refractivity contribution is 5.73. The first-order valence-corrected chi connectivity index (χ1v) is 10.1. The molecule has 0 saturated carbocycles. The Morgan fingerprint density at radius 2 is 0.969 bits per heavy atom. The summed E-state index contributed by atoms with van der Waals surface area (Å²) in [6.45, 7) is 0. The van der Waals surface area contributed by atoms with Gasteiger partial charge in [0.2, 0.25) is 0 Å². The Hall–Kier alpha value is -4.25. The molecule has 32 heavy (non-hydrogen) atoms. The fourth-order valence-electron chi connectivity index (χ4n) is 3.48. The van der Waals surface area contributed by atoms with Crippen LogP contribution in [0.4, 0.5) is 8.78 Å². The first kappa shape index (κ1) is 19.7. The summed E-state index contributed by atoms with van der Waals surface area (Å²) in [5.41, 5.74) is 3.04. The Kier molecular flexibility index (Phi) is 5.22. The summed E-state index contributed by atoms with van der Waals surface area (Å²) in [6, 6.07) is 29.7. The Balaban J connectivity index is 1.69. The van der Waals surface area contributed by atoms with Gasteiger partial charge >= 0.3 is 0 Å². The number of benzene rings is 4. The second-order valence-electron chi connectivity index (χ2n) is 7.24. The van der Waals surface area contributed by atoms with E-state index >= 15 is 0 Å². The lowest BCUT2D eigenvalue weighted by molar-refractivity contribution is 0.624. The minimum atomic E-state index is -0.444. The predicted octanol–water partition coefficient (Wildman–Crippen LogP) is 6.82. The van der Waals surface area contributed by atoms with E-state index in [1.165, 1.54) is 18.2 Å². The fraction of sp³-hybridized carbons (Fsp3) is 0. The number of hydrogen-bond donors (Lipinski definition) is 0. The highest BCUT2D eigenvalue weighted by Gasteiger charge is 2.14. The van der Waals surface area contributed by atoms with E-state index in [0.29, 0.717) is 28.6 Å². The van der Waals surface area contributed by atoms with Crippen LogP contribution in [-0.2, 0) is 0 Å². The highest BCUT2D eigenvalue weighted by atomic mass is 19.1. The van der Waals surface area contributed by atoms with Gasteiger partial charge in [0.15, 0.2) is 17.5 Å². The van der Waals surface area contributed by atoms with Crippen molar-refractivity contribution < 1.29 is 8.78 Å². The first-order valence-electron chi connectivity index (χ1n) is 10.1. The van der Waals surface area contributed by atoms with Gasteiger partial charge in [0, 0.05) is 22.3 Å². The van der Waals surface area contributed by atoms with Gasteiger partial charge < -0.3 is 0 Å². The third-order valence-electron chi connectivity index (χ3n) is 5.06. The minimum absolute atomic E-state index is 0.282. The predicted molar refractivity (Wildman–Crippen MR) is 121 cm³/mol. The number of hydrogen-bond acceptors (Lipinski definition) is 3. The maximum absolute atomic E-state index is 14.6. The van der Waals surface area contributed by atoms with Gasteiger partial charge in [-0.3, -0.25) is 0 Å². The molecular formula is C27H17F2N3. The quantitative estimate of drug-likeness (QED) is 0.320. The van der Waals surface area contributed by atoms with Crippen LogP contribution in [0.5, 0.6) is 0 Å². The summed E-state index contributed by atoms with van der Waals surface area (Å²) in [5.74, 6) is 0.581. The van der Waals surface area contributed by atoms with Crippen molar-refractivity contribution in [2.24, 2.45) is 0 Å². The second-order valence-corrected chi connectivity index (χ2v) is 7.24. The van der Waals surface area contributed by atoms with Gasteiger partial charge in [0.25, 0.3) is 0 Å². The van der Waals surface area contributed by atoms with Crippen molar-refractivity contribution in [3.05, 3.63) is 115 Å². The number of halogens is 2. The minimum Gasteiger partial charge on any atom is -0.208 e. The molecule has 0 bridgehead atoms. The molecule has 0 aliphatic rings. The van der Waals surface area contributed by atoms with Crippen LogP contribution >= 0.6 is 0 Å². The SMILES string of the molecule is Fc1cccc(-c2cc(-c3nc(-c4ccccc4)nc(-c4ccccc4)n3)ccc2F)c1. The molecule has 5 aromatic rings. The van der Waals surface area contributed by atoms with E-state index in [9.17, 15) is 8.78 Å². The van der Waals surface area contributed by atoms with Crippen molar-refractivity contribution >= 4 is 0 Å². The molecule has 0 spiro atoms. The molecule has 0 aliphatic heterocycles. The number of nitrogens with zero attached hydrogens (tertiary/aromatic N) is 3. The van der Waals surface area contributed by atoms with Gasteiger partial charge in [-0.15, -0.1) is 0 Å². The second kappa shape index (κ2) is 8.47. The molecule has 0 radical (unpaired) electrons. The zero-order valence-electron chi connectivity index (χ0n) is 16.9. The zero-order valence-corrected chi connectivity index (χ0v) is 16.9. The van der Waals surface area contributed by atoms with Gasteiger partial charge in [-0.25, -0.2) is 23.7 Å². The number of aromatic nitrogens is 3. The van der Waals surface area contributed by atoms with Crippen LogP contribution < -0.4 is 0 Å². The smallest absolute Gasteiger partial charge is 0.164 e. The Morgan fingerprint density at radius 1 is 0.438 bits per heavy atom. The van der Waals surface area contributed by atoms with E-state index in [2.05, 4.69) is 15.0 Å². The average Bonchev–Trinajstić information content (AvgIpc) is 2.85. The summed E-state index contributed by atoms with van der Waals surface area (Å²) in [4.78, 5) is 14.0. The molecular weight excluding hydrogens is 404 g/mol. The molecule has 1 aromatic heterocycles. The zero-order chi connectivity index (χ0) is 21.9. The molecule has 0 atom stereocenters. The molecule has 0 fully saturated rings. The van der Waals surface area contributed by atoms with E-state index in [4.69, 9.17) is 0 Å². The van der Waals surface area contributed by atoms with Crippen LogP contribution in [0.3, 0.4) is 0 Å². The van der Waals surface area contributed by atoms with E-state index < -0.39 is 11.6 Å². The summed E-state index contributed by atoms with van der Waals surface area (Å²) < 4.78 is 28.3. The van der Waals surface area contributed by atoms with Crippen molar-refractivity contribution in [3.63, 3.8) is 0 Å². The lowest BCUT2D eigenvalue weighted by atomic mass is 10.0. The topological polar surface area (TPSA) is 38.7 Å². The van der Waals surface area contributed by atoms with Gasteiger partial charge in [-0.05, 0) is 35.9 Å². The van der Waals surface area contributed by atoms with E-state index in [1.54, 1.807) is 24.3 Å². The molecule has 0 unspecified atom stereocenters. The summed E-state index contributed by atoms with van der Waals surface area (Å²) >= 11 is 0. The highest BCUT2D eigenvalue weighted by Crippen LogP contribution is 2.30. The van der Waals surface area contributed by atoms with E-state index in [0.717, 1.165) is 11.1 Å². The van der Waals surface area contributed by atoms with Crippen LogP contribution in [0, 0.1) is 11.6 Å². The molecule has 0 aliphatic carbocycles. The standard InChI is InChI=1S/C27H17F2N3/c28-22-13-7-12-20(16-22)23-17-21(14-15-24(23)29)27-31-25(18-8-3-1-4-9-18)30-26(32-27)19-10-5-2-6-11-19/h1-17H. The monoisotopic (exact) mass is 421 g/mol. The van der Waals surface area contributed by atoms with Crippen molar-refractivity contribution in [1.82, 2.24) is 15.0 Å². The van der Waals surface area contributed by atoms with Crippen molar-refractivity contribution in [2.45, 2.75) is 0 Å². The van der Waals surface area contributed by atoms with Crippen LogP contribution in [-0.4, -0.2) is 15.0 Å². The van der Waals surface area contributed by atoms with Crippen LogP contribution in [0.25, 0.3) is 45.3 Å². The van der Waals surface area contributed by atoms with E-state index in [1.807, 2.05) is 60.7 Å². The summed E-state index contributed by atoms with van der Waals surface area (Å²) in [5, 5.41) is 0. The normalized spacial score (nSPS) is 10.8. The molecule has 3 nitrogen and oxygen atoms in total. The third-order valence-corrected chi connectivity index (χ3v) is 5.06. The van der Waals surface area contributed by atoms with Gasteiger partial charge in [0.1, 0.15) is 11.6 Å². The van der Waals surface area contributed by atoms with Crippen LogP contribution in [0.2, 0.25) is 0 Å². The summed E-state index contributed by atoms with van der Waals surface area (Å²) in [7, 11) is 0. The van der Waals surface area contributed by atoms with E-state index in [-0.39, 0.29) is 5.56 Å². The molecule has 4 aromatic carbocycles. The van der Waals surface area contributed by atoms with Crippen LogP contribution in [0.15, 0.2) is 103 Å². The Labute approximate surface area is 184 Å². The fourth-order valence-corrected chi connectivity index (χ4v) is 3.48. The molecule has 154 valence electrons. The van der Waals surface area contributed by atoms with Crippen LogP contribution in [0.1, 0.15) is 0 Å². The maximum atomic E-state index is 14.6. The Bertz CT molecular complexity index is 1330. The molecule has 0 saturated heterocycles.